The third kappa shape index (κ3) is 2.55. The van der Waals surface area contributed by atoms with E-state index in [1.165, 1.54) is 0 Å². The Morgan fingerprint density at radius 2 is 2.29 bits per heavy atom. The van der Waals surface area contributed by atoms with Gasteiger partial charge in [0.05, 0.1) is 6.20 Å². The monoisotopic (exact) mass is 198 g/mol. The van der Waals surface area contributed by atoms with E-state index in [9.17, 15) is 4.39 Å². The largest absolute Gasteiger partial charge is 0.368 e. The molecule has 0 aliphatic heterocycles. The highest BCUT2D eigenvalue weighted by atomic mass is 19.1. The molecule has 0 aliphatic rings. The summed E-state index contributed by atoms with van der Waals surface area (Å²) in [4.78, 5) is 9.16. The Morgan fingerprint density at radius 3 is 2.93 bits per heavy atom. The van der Waals surface area contributed by atoms with E-state index in [1.54, 1.807) is 11.9 Å². The Labute approximate surface area is 83.0 Å². The molecule has 4 nitrogen and oxygen atoms in total. The molecular formula is C9H15FN4. The quantitative estimate of drug-likeness (QED) is 0.795. The molecular weight excluding hydrogens is 183 g/mol. The molecule has 1 rings (SSSR count). The summed E-state index contributed by atoms with van der Waals surface area (Å²) in [6, 6.07) is 0. The number of nitrogens with zero attached hydrogens (tertiary/aromatic N) is 3. The van der Waals surface area contributed by atoms with Gasteiger partial charge in [0.1, 0.15) is 0 Å². The minimum Gasteiger partial charge on any atom is -0.368 e. The predicted molar refractivity (Wildman–Crippen MR) is 54.6 cm³/mol. The fourth-order valence-electron chi connectivity index (χ4n) is 1.14. The van der Waals surface area contributed by atoms with Gasteiger partial charge in [0, 0.05) is 13.6 Å². The topological polar surface area (TPSA) is 55.0 Å². The maximum absolute atomic E-state index is 13.2. The van der Waals surface area contributed by atoms with E-state index < -0.39 is 5.82 Å². The third-order valence-electron chi connectivity index (χ3n) is 1.95. The molecule has 1 heterocycles. The lowest BCUT2D eigenvalue weighted by molar-refractivity contribution is 0.605. The third-order valence-corrected chi connectivity index (χ3v) is 1.95. The van der Waals surface area contributed by atoms with Crippen LogP contribution in [0.2, 0.25) is 0 Å². The van der Waals surface area contributed by atoms with Crippen LogP contribution in [-0.4, -0.2) is 23.6 Å². The van der Waals surface area contributed by atoms with Crippen LogP contribution >= 0.6 is 0 Å². The van der Waals surface area contributed by atoms with Crippen molar-refractivity contribution in [2.75, 3.05) is 24.2 Å². The van der Waals surface area contributed by atoms with Crippen LogP contribution < -0.4 is 10.6 Å². The number of nitrogen functional groups attached to an aromatic ring is 1. The first-order valence-corrected chi connectivity index (χ1v) is 4.64. The van der Waals surface area contributed by atoms with Crippen LogP contribution in [0, 0.1) is 5.82 Å². The maximum atomic E-state index is 13.2. The summed E-state index contributed by atoms with van der Waals surface area (Å²) in [5.41, 5.74) is 5.38. The molecule has 0 atom stereocenters. The molecule has 0 fully saturated rings. The van der Waals surface area contributed by atoms with Gasteiger partial charge in [-0.3, -0.25) is 0 Å². The van der Waals surface area contributed by atoms with E-state index >= 15 is 0 Å². The van der Waals surface area contributed by atoms with Gasteiger partial charge in [-0.2, -0.15) is 4.98 Å². The predicted octanol–water partition coefficient (Wildman–Crippen LogP) is 1.43. The molecule has 0 aromatic carbocycles. The smallest absolute Gasteiger partial charge is 0.222 e. The Hall–Kier alpha value is -1.39. The number of nitrogens with two attached hydrogens (primary N) is 1. The van der Waals surface area contributed by atoms with E-state index in [4.69, 9.17) is 5.73 Å². The molecule has 0 saturated heterocycles. The van der Waals surface area contributed by atoms with Crippen molar-refractivity contribution in [2.24, 2.45) is 0 Å². The minimum absolute atomic E-state index is 0.102. The van der Waals surface area contributed by atoms with Gasteiger partial charge in [0.25, 0.3) is 0 Å². The molecule has 1 aromatic heterocycles. The molecule has 14 heavy (non-hydrogen) atoms. The molecule has 0 bridgehead atoms. The molecule has 2 N–H and O–H groups in total. The van der Waals surface area contributed by atoms with Crippen molar-refractivity contribution in [3.8, 4) is 0 Å². The van der Waals surface area contributed by atoms with Crippen molar-refractivity contribution in [1.82, 2.24) is 9.97 Å². The Morgan fingerprint density at radius 1 is 1.57 bits per heavy atom. The number of unbranched alkanes of at least 4 members (excludes halogenated alkanes) is 1. The van der Waals surface area contributed by atoms with E-state index in [1.807, 2.05) is 0 Å². The average Bonchev–Trinajstić information content (AvgIpc) is 2.18. The molecule has 0 aliphatic carbocycles. The van der Waals surface area contributed by atoms with Crippen molar-refractivity contribution in [1.29, 1.82) is 0 Å². The second-order valence-corrected chi connectivity index (χ2v) is 3.17. The molecule has 78 valence electrons. The first kappa shape index (κ1) is 10.7. The standard InChI is InChI=1S/C9H15FN4/c1-3-4-5-14(2)8-7(10)6-12-9(11)13-8/h6H,3-5H2,1-2H3,(H2,11,12,13). The van der Waals surface area contributed by atoms with Gasteiger partial charge in [-0.25, -0.2) is 9.37 Å². The number of halogens is 1. The van der Waals surface area contributed by atoms with Gasteiger partial charge in [0.15, 0.2) is 11.6 Å². The summed E-state index contributed by atoms with van der Waals surface area (Å²) >= 11 is 0. The van der Waals surface area contributed by atoms with Crippen LogP contribution in [0.3, 0.4) is 0 Å². The normalized spacial score (nSPS) is 10.2. The number of hydrogen-bond acceptors (Lipinski definition) is 4. The number of hydrogen-bond donors (Lipinski definition) is 1. The summed E-state index contributed by atoms with van der Waals surface area (Å²) in [5.74, 6) is -0.0616. The van der Waals surface area contributed by atoms with Gasteiger partial charge in [0.2, 0.25) is 5.95 Å². The van der Waals surface area contributed by atoms with Gasteiger partial charge < -0.3 is 10.6 Å². The highest BCUT2D eigenvalue weighted by Crippen LogP contribution is 2.14. The Balaban J connectivity index is 2.77. The van der Waals surface area contributed by atoms with Crippen LogP contribution in [-0.2, 0) is 0 Å². The lowest BCUT2D eigenvalue weighted by Crippen LogP contribution is -2.21. The zero-order valence-corrected chi connectivity index (χ0v) is 8.50. The van der Waals surface area contributed by atoms with Crippen LogP contribution in [0.4, 0.5) is 16.2 Å². The van der Waals surface area contributed by atoms with Crippen LogP contribution in [0.5, 0.6) is 0 Å². The summed E-state index contributed by atoms with van der Waals surface area (Å²) in [6.07, 6.45) is 3.16. The molecule has 0 spiro atoms. The van der Waals surface area contributed by atoms with Gasteiger partial charge in [-0.15, -0.1) is 0 Å². The number of anilines is 2. The van der Waals surface area contributed by atoms with Crippen molar-refractivity contribution < 1.29 is 4.39 Å². The molecule has 0 amide bonds. The SMILES string of the molecule is CCCCN(C)c1nc(N)ncc1F. The maximum Gasteiger partial charge on any atom is 0.222 e. The molecule has 1 aromatic rings. The zero-order chi connectivity index (χ0) is 10.6. The fraction of sp³-hybridized carbons (Fsp3) is 0.556. The van der Waals surface area contributed by atoms with Crippen LogP contribution in [0.15, 0.2) is 6.20 Å². The summed E-state index contributed by atoms with van der Waals surface area (Å²) in [6.45, 7) is 2.85. The van der Waals surface area contributed by atoms with E-state index in [0.717, 1.165) is 25.6 Å². The molecule has 0 radical (unpaired) electrons. The van der Waals surface area contributed by atoms with Crippen molar-refractivity contribution in [3.63, 3.8) is 0 Å². The minimum atomic E-state index is -0.433. The van der Waals surface area contributed by atoms with Crippen molar-refractivity contribution in [3.05, 3.63) is 12.0 Å². The van der Waals surface area contributed by atoms with Crippen molar-refractivity contribution in [2.45, 2.75) is 19.8 Å². The molecule has 5 heteroatoms. The van der Waals surface area contributed by atoms with Crippen LogP contribution in [0.25, 0.3) is 0 Å². The second kappa shape index (κ2) is 4.74. The summed E-state index contributed by atoms with van der Waals surface area (Å²) in [5, 5.41) is 0. The van der Waals surface area contributed by atoms with E-state index in [-0.39, 0.29) is 11.8 Å². The first-order chi connectivity index (χ1) is 6.65. The van der Waals surface area contributed by atoms with Gasteiger partial charge in [-0.1, -0.05) is 13.3 Å². The number of aromatic nitrogens is 2. The fourth-order valence-corrected chi connectivity index (χ4v) is 1.14. The molecule has 0 saturated carbocycles. The van der Waals surface area contributed by atoms with Crippen LogP contribution in [0.1, 0.15) is 19.8 Å². The Bertz CT molecular complexity index is 303. The van der Waals surface area contributed by atoms with E-state index in [0.29, 0.717) is 0 Å². The Kier molecular flexibility index (Phi) is 3.62. The highest BCUT2D eigenvalue weighted by molar-refractivity contribution is 5.41. The molecule has 0 unspecified atom stereocenters. The lowest BCUT2D eigenvalue weighted by atomic mass is 10.3. The average molecular weight is 198 g/mol. The lowest BCUT2D eigenvalue weighted by Gasteiger charge is -2.17. The van der Waals surface area contributed by atoms with Crippen molar-refractivity contribution >= 4 is 11.8 Å². The first-order valence-electron chi connectivity index (χ1n) is 4.64. The summed E-state index contributed by atoms with van der Waals surface area (Å²) in [7, 11) is 1.79. The van der Waals surface area contributed by atoms with Gasteiger partial charge in [-0.05, 0) is 6.42 Å². The highest BCUT2D eigenvalue weighted by Gasteiger charge is 2.09. The van der Waals surface area contributed by atoms with E-state index in [2.05, 4.69) is 16.9 Å². The number of rotatable bonds is 4. The zero-order valence-electron chi connectivity index (χ0n) is 8.50. The van der Waals surface area contributed by atoms with Gasteiger partial charge >= 0.3 is 0 Å². The second-order valence-electron chi connectivity index (χ2n) is 3.17. The summed E-state index contributed by atoms with van der Waals surface area (Å²) < 4.78 is 13.2.